The average molecular weight is 335 g/mol. The summed E-state index contributed by atoms with van der Waals surface area (Å²) in [5, 5.41) is 0. The molecule has 124 valence electrons. The number of hydrogen-bond donors (Lipinski definition) is 1. The summed E-state index contributed by atoms with van der Waals surface area (Å²) < 4.78 is 38.4. The first-order valence-electron chi connectivity index (χ1n) is 7.29. The van der Waals surface area contributed by atoms with Crippen molar-refractivity contribution in [1.82, 2.24) is 0 Å². The fourth-order valence-electron chi connectivity index (χ4n) is 2.28. The monoisotopic (exact) mass is 335 g/mol. The van der Waals surface area contributed by atoms with E-state index in [0.717, 1.165) is 5.56 Å². The van der Waals surface area contributed by atoms with Gasteiger partial charge in [-0.15, -0.1) is 0 Å². The molecular weight excluding hydrogens is 314 g/mol. The van der Waals surface area contributed by atoms with Crippen molar-refractivity contribution >= 4 is 15.7 Å². The predicted octanol–water partition coefficient (Wildman–Crippen LogP) is 3.51. The second kappa shape index (κ2) is 6.91. The molecule has 6 heteroatoms. The molecule has 0 aromatic heterocycles. The van der Waals surface area contributed by atoms with Gasteiger partial charge < -0.3 is 9.47 Å². The molecule has 5 nitrogen and oxygen atoms in total. The first-order chi connectivity index (χ1) is 10.9. The summed E-state index contributed by atoms with van der Waals surface area (Å²) in [4.78, 5) is 0.240. The van der Waals surface area contributed by atoms with Crippen molar-refractivity contribution in [2.75, 3.05) is 18.4 Å². The van der Waals surface area contributed by atoms with Gasteiger partial charge in [-0.3, -0.25) is 4.72 Å². The quantitative estimate of drug-likeness (QED) is 0.877. The van der Waals surface area contributed by atoms with E-state index in [9.17, 15) is 8.42 Å². The van der Waals surface area contributed by atoms with Crippen molar-refractivity contribution in [1.29, 1.82) is 0 Å². The Morgan fingerprint density at radius 3 is 2.22 bits per heavy atom. The number of hydrogen-bond acceptors (Lipinski definition) is 4. The zero-order valence-corrected chi connectivity index (χ0v) is 14.5. The Morgan fingerprint density at radius 1 is 1.00 bits per heavy atom. The van der Waals surface area contributed by atoms with Crippen LogP contribution in [0.25, 0.3) is 0 Å². The molecular formula is C17H21NO4S. The third-order valence-electron chi connectivity index (χ3n) is 3.61. The SMILES string of the molecule is CCOc1ccc(NS(=O)(=O)c2ccc(OC)c(C)c2C)cc1. The molecule has 0 radical (unpaired) electrons. The normalized spacial score (nSPS) is 11.1. The number of rotatable bonds is 6. The Balaban J connectivity index is 2.30. The van der Waals surface area contributed by atoms with Crippen LogP contribution >= 0.6 is 0 Å². The molecule has 0 spiro atoms. The van der Waals surface area contributed by atoms with Crippen LogP contribution in [0.3, 0.4) is 0 Å². The zero-order valence-electron chi connectivity index (χ0n) is 13.7. The van der Waals surface area contributed by atoms with Crippen molar-refractivity contribution in [3.05, 3.63) is 47.5 Å². The summed E-state index contributed by atoms with van der Waals surface area (Å²) in [6.45, 7) is 6.06. The molecule has 0 saturated heterocycles. The van der Waals surface area contributed by atoms with Crippen molar-refractivity contribution in [2.24, 2.45) is 0 Å². The molecule has 0 saturated carbocycles. The summed E-state index contributed by atoms with van der Waals surface area (Å²) in [6.07, 6.45) is 0. The summed E-state index contributed by atoms with van der Waals surface area (Å²) in [5.41, 5.74) is 1.96. The van der Waals surface area contributed by atoms with Crippen LogP contribution in [-0.2, 0) is 10.0 Å². The number of benzene rings is 2. The summed E-state index contributed by atoms with van der Waals surface area (Å²) in [7, 11) is -2.10. The Bertz CT molecular complexity index is 783. The highest BCUT2D eigenvalue weighted by Crippen LogP contribution is 2.28. The van der Waals surface area contributed by atoms with Crippen LogP contribution in [0.1, 0.15) is 18.1 Å². The van der Waals surface area contributed by atoms with Crippen LogP contribution in [0, 0.1) is 13.8 Å². The fraction of sp³-hybridized carbons (Fsp3) is 0.294. The van der Waals surface area contributed by atoms with Crippen LogP contribution < -0.4 is 14.2 Å². The van der Waals surface area contributed by atoms with Gasteiger partial charge >= 0.3 is 0 Å². The fourth-order valence-corrected chi connectivity index (χ4v) is 3.64. The highest BCUT2D eigenvalue weighted by atomic mass is 32.2. The Morgan fingerprint density at radius 2 is 1.65 bits per heavy atom. The van der Waals surface area contributed by atoms with Gasteiger partial charge in [0, 0.05) is 5.69 Å². The van der Waals surface area contributed by atoms with Gasteiger partial charge in [0.15, 0.2) is 0 Å². The highest BCUT2D eigenvalue weighted by molar-refractivity contribution is 7.92. The first-order valence-corrected chi connectivity index (χ1v) is 8.77. The summed E-state index contributed by atoms with van der Waals surface area (Å²) in [6, 6.07) is 10.0. The van der Waals surface area contributed by atoms with E-state index in [1.54, 1.807) is 50.4 Å². The number of anilines is 1. The minimum atomic E-state index is -3.66. The summed E-state index contributed by atoms with van der Waals surface area (Å²) >= 11 is 0. The molecule has 0 fully saturated rings. The van der Waals surface area contributed by atoms with Crippen molar-refractivity contribution in [3.63, 3.8) is 0 Å². The molecule has 0 atom stereocenters. The van der Waals surface area contributed by atoms with E-state index in [1.165, 1.54) is 0 Å². The minimum absolute atomic E-state index is 0.240. The highest BCUT2D eigenvalue weighted by Gasteiger charge is 2.19. The molecule has 0 aliphatic carbocycles. The van der Waals surface area contributed by atoms with Gasteiger partial charge in [-0.25, -0.2) is 8.42 Å². The first kappa shape index (κ1) is 17.1. The zero-order chi connectivity index (χ0) is 17.0. The standard InChI is InChI=1S/C17H21NO4S/c1-5-22-15-8-6-14(7-9-15)18-23(19,20)17-11-10-16(21-4)12(2)13(17)3/h6-11,18H,5H2,1-4H3. The third kappa shape index (κ3) is 3.76. The molecule has 1 N–H and O–H groups in total. The van der Waals surface area contributed by atoms with E-state index in [1.807, 2.05) is 13.8 Å². The maximum absolute atomic E-state index is 12.6. The Hall–Kier alpha value is -2.21. The molecule has 2 aromatic carbocycles. The molecule has 0 aliphatic rings. The Labute approximate surface area is 137 Å². The summed E-state index contributed by atoms with van der Waals surface area (Å²) in [5.74, 6) is 1.37. The number of sulfonamides is 1. The minimum Gasteiger partial charge on any atom is -0.496 e. The lowest BCUT2D eigenvalue weighted by atomic mass is 10.1. The van der Waals surface area contributed by atoms with Crippen molar-refractivity contribution in [3.8, 4) is 11.5 Å². The van der Waals surface area contributed by atoms with Crippen LogP contribution in [0.5, 0.6) is 11.5 Å². The van der Waals surface area contributed by atoms with Crippen molar-refractivity contribution in [2.45, 2.75) is 25.7 Å². The van der Waals surface area contributed by atoms with Crippen LogP contribution in [0.4, 0.5) is 5.69 Å². The molecule has 23 heavy (non-hydrogen) atoms. The predicted molar refractivity (Wildman–Crippen MR) is 90.9 cm³/mol. The van der Waals surface area contributed by atoms with Crippen LogP contribution in [0.2, 0.25) is 0 Å². The smallest absolute Gasteiger partial charge is 0.262 e. The molecule has 0 amide bonds. The molecule has 0 heterocycles. The maximum atomic E-state index is 12.6. The van der Waals surface area contributed by atoms with Gasteiger partial charge in [0.1, 0.15) is 11.5 Å². The molecule has 2 rings (SSSR count). The average Bonchev–Trinajstić information content (AvgIpc) is 2.51. The van der Waals surface area contributed by atoms with E-state index >= 15 is 0 Å². The van der Waals surface area contributed by atoms with Gasteiger partial charge in [0.05, 0.1) is 18.6 Å². The molecule has 0 unspecified atom stereocenters. The van der Waals surface area contributed by atoms with E-state index in [-0.39, 0.29) is 4.90 Å². The van der Waals surface area contributed by atoms with Gasteiger partial charge in [-0.05, 0) is 68.3 Å². The van der Waals surface area contributed by atoms with Gasteiger partial charge in [0.2, 0.25) is 0 Å². The van der Waals surface area contributed by atoms with E-state index < -0.39 is 10.0 Å². The van der Waals surface area contributed by atoms with Gasteiger partial charge in [-0.1, -0.05) is 0 Å². The number of nitrogens with one attached hydrogen (secondary N) is 1. The molecule has 0 aliphatic heterocycles. The lowest BCUT2D eigenvalue weighted by molar-refractivity contribution is 0.340. The second-order valence-corrected chi connectivity index (χ2v) is 6.73. The number of ether oxygens (including phenoxy) is 2. The lowest BCUT2D eigenvalue weighted by Crippen LogP contribution is -2.15. The lowest BCUT2D eigenvalue weighted by Gasteiger charge is -2.14. The Kier molecular flexibility index (Phi) is 5.15. The van der Waals surface area contributed by atoms with E-state index in [2.05, 4.69) is 4.72 Å². The second-order valence-electron chi connectivity index (χ2n) is 5.08. The largest absolute Gasteiger partial charge is 0.496 e. The van der Waals surface area contributed by atoms with Gasteiger partial charge in [-0.2, -0.15) is 0 Å². The third-order valence-corrected chi connectivity index (χ3v) is 5.14. The molecule has 0 bridgehead atoms. The van der Waals surface area contributed by atoms with E-state index in [4.69, 9.17) is 9.47 Å². The van der Waals surface area contributed by atoms with Crippen molar-refractivity contribution < 1.29 is 17.9 Å². The topological polar surface area (TPSA) is 64.6 Å². The van der Waals surface area contributed by atoms with Gasteiger partial charge in [0.25, 0.3) is 10.0 Å². The number of methoxy groups -OCH3 is 1. The van der Waals surface area contributed by atoms with Crippen LogP contribution in [-0.4, -0.2) is 22.1 Å². The maximum Gasteiger partial charge on any atom is 0.262 e. The van der Waals surface area contributed by atoms with E-state index in [0.29, 0.717) is 29.4 Å². The van der Waals surface area contributed by atoms with Crippen LogP contribution in [0.15, 0.2) is 41.3 Å². The molecule has 2 aromatic rings.